The number of carbonyl (C=O) groups excluding carboxylic acids is 3. The predicted octanol–water partition coefficient (Wildman–Crippen LogP) is 0.702. The molecule has 1 aliphatic heterocycles. The van der Waals surface area contributed by atoms with Gasteiger partial charge in [0, 0.05) is 22.3 Å². The van der Waals surface area contributed by atoms with Gasteiger partial charge in [-0.15, -0.1) is 0 Å². The minimum atomic E-state index is -1.03. The van der Waals surface area contributed by atoms with E-state index in [2.05, 4.69) is 27.9 Å². The van der Waals surface area contributed by atoms with Gasteiger partial charge in [-0.2, -0.15) is 0 Å². The first kappa shape index (κ1) is 17.9. The maximum atomic E-state index is 12.4. The summed E-state index contributed by atoms with van der Waals surface area (Å²) in [5, 5.41) is 9.82. The van der Waals surface area contributed by atoms with Crippen molar-refractivity contribution >= 4 is 46.3 Å². The van der Waals surface area contributed by atoms with Crippen molar-refractivity contribution in [3.63, 3.8) is 0 Å². The molecule has 0 spiro atoms. The minimum absolute atomic E-state index is 0.175. The number of halogens is 1. The number of rotatable bonds is 5. The topological polar surface area (TPSA) is 126 Å². The van der Waals surface area contributed by atoms with Crippen molar-refractivity contribution in [1.29, 1.82) is 5.41 Å². The third kappa shape index (κ3) is 4.10. The number of esters is 1. The molecule has 0 bridgehead atoms. The highest BCUT2D eigenvalue weighted by atomic mass is 127. The summed E-state index contributed by atoms with van der Waals surface area (Å²) in [4.78, 5) is 36.5. The third-order valence-electron chi connectivity index (χ3n) is 3.25. The number of carbonyl (C=O) groups is 3. The second-order valence-electron chi connectivity index (χ2n) is 4.95. The average molecular weight is 442 g/mol. The molecule has 2 amide bonds. The summed E-state index contributed by atoms with van der Waals surface area (Å²) in [6, 6.07) is 5.14. The molecule has 4 N–H and O–H groups in total. The van der Waals surface area contributed by atoms with Gasteiger partial charge in [0.05, 0.1) is 5.56 Å². The lowest BCUT2D eigenvalue weighted by Crippen LogP contribution is -2.41. The van der Waals surface area contributed by atoms with E-state index in [-0.39, 0.29) is 18.1 Å². The van der Waals surface area contributed by atoms with Crippen LogP contribution < -0.4 is 11.1 Å². The molecule has 1 aromatic rings. The number of hydrogen-bond donors (Lipinski definition) is 3. The van der Waals surface area contributed by atoms with Crippen LogP contribution in [-0.2, 0) is 20.9 Å². The van der Waals surface area contributed by atoms with Gasteiger partial charge in [0.25, 0.3) is 11.8 Å². The van der Waals surface area contributed by atoms with E-state index in [0.717, 1.165) is 20.6 Å². The maximum absolute atomic E-state index is 12.4. The summed E-state index contributed by atoms with van der Waals surface area (Å²) in [6.45, 7) is 1.62. The van der Waals surface area contributed by atoms with E-state index >= 15 is 0 Å². The number of benzene rings is 1. The van der Waals surface area contributed by atoms with E-state index in [0.29, 0.717) is 5.56 Å². The molecule has 0 aromatic heterocycles. The molecule has 126 valence electrons. The van der Waals surface area contributed by atoms with Crippen molar-refractivity contribution < 1.29 is 19.1 Å². The van der Waals surface area contributed by atoms with E-state index in [1.807, 2.05) is 0 Å². The number of guanidine groups is 1. The zero-order valence-corrected chi connectivity index (χ0v) is 14.9. The van der Waals surface area contributed by atoms with Crippen LogP contribution >= 0.6 is 22.6 Å². The Balaban J connectivity index is 2.16. The van der Waals surface area contributed by atoms with Crippen LogP contribution in [0.25, 0.3) is 0 Å². The normalized spacial score (nSPS) is 14.7. The number of amides is 2. The number of ether oxygens (including phenoxy) is 1. The van der Waals surface area contributed by atoms with Gasteiger partial charge in [0.2, 0.25) is 0 Å². The van der Waals surface area contributed by atoms with Crippen LogP contribution in [0.15, 0.2) is 30.4 Å². The van der Waals surface area contributed by atoms with Crippen LogP contribution in [0.3, 0.4) is 0 Å². The zero-order valence-electron chi connectivity index (χ0n) is 12.7. The highest BCUT2D eigenvalue weighted by Gasteiger charge is 2.31. The monoisotopic (exact) mass is 442 g/mol. The molecule has 1 aromatic carbocycles. The van der Waals surface area contributed by atoms with E-state index in [9.17, 15) is 14.4 Å². The number of imide groups is 1. The first-order valence-electron chi connectivity index (χ1n) is 6.92. The molecule has 1 aliphatic rings. The average Bonchev–Trinajstić information content (AvgIpc) is 2.84. The van der Waals surface area contributed by atoms with Gasteiger partial charge in [-0.25, -0.2) is 9.69 Å². The van der Waals surface area contributed by atoms with Gasteiger partial charge in [-0.3, -0.25) is 15.0 Å². The Morgan fingerprint density at radius 3 is 2.58 bits per heavy atom. The molecule has 0 fully saturated rings. The molecule has 1 heterocycles. The standard InChI is InChI=1S/C15H15IN4O4/c1-8(20-12(21)4-5-13(20)22)24-14(23)11-6-10(16)3-2-9(11)7-19-15(17)18/h2-6,8H,7H2,1H3,(H4,17,18,19). The van der Waals surface area contributed by atoms with Gasteiger partial charge >= 0.3 is 5.97 Å². The van der Waals surface area contributed by atoms with Crippen molar-refractivity contribution in [2.45, 2.75) is 19.7 Å². The van der Waals surface area contributed by atoms with E-state index < -0.39 is 24.0 Å². The summed E-state index contributed by atoms with van der Waals surface area (Å²) in [5.41, 5.74) is 6.11. The predicted molar refractivity (Wildman–Crippen MR) is 93.8 cm³/mol. The molecule has 24 heavy (non-hydrogen) atoms. The summed E-state index contributed by atoms with van der Waals surface area (Å²) < 4.78 is 6.07. The largest absolute Gasteiger partial charge is 0.438 e. The second-order valence-corrected chi connectivity index (χ2v) is 6.20. The van der Waals surface area contributed by atoms with Gasteiger partial charge in [-0.1, -0.05) is 6.07 Å². The number of hydrogen-bond acceptors (Lipinski definition) is 5. The van der Waals surface area contributed by atoms with Gasteiger partial charge in [-0.05, 0) is 47.2 Å². The Morgan fingerprint density at radius 2 is 2.00 bits per heavy atom. The molecule has 0 radical (unpaired) electrons. The maximum Gasteiger partial charge on any atom is 0.340 e. The number of nitrogens with two attached hydrogens (primary N) is 1. The first-order chi connectivity index (χ1) is 11.3. The summed E-state index contributed by atoms with van der Waals surface area (Å²) in [6.07, 6.45) is 1.22. The Morgan fingerprint density at radius 1 is 1.38 bits per heavy atom. The quantitative estimate of drug-likeness (QED) is 0.203. The van der Waals surface area contributed by atoms with Crippen molar-refractivity contribution in [3.8, 4) is 0 Å². The fraction of sp³-hybridized carbons (Fsp3) is 0.200. The van der Waals surface area contributed by atoms with Crippen molar-refractivity contribution in [2.75, 3.05) is 0 Å². The molecule has 2 rings (SSSR count). The first-order valence-corrected chi connectivity index (χ1v) is 8.00. The fourth-order valence-electron chi connectivity index (χ4n) is 2.12. The number of nitrogens with zero attached hydrogens (tertiary/aromatic N) is 1. The summed E-state index contributed by atoms with van der Waals surface area (Å²) >= 11 is 2.05. The summed E-state index contributed by atoms with van der Waals surface area (Å²) in [5.74, 6) is -1.95. The molecule has 0 saturated carbocycles. The molecule has 1 atom stereocenters. The minimum Gasteiger partial charge on any atom is -0.438 e. The van der Waals surface area contributed by atoms with Gasteiger partial charge < -0.3 is 15.8 Å². The SMILES string of the molecule is CC(OC(=O)c1cc(I)ccc1CNC(=N)N)N1C(=O)C=CC1=O. The summed E-state index contributed by atoms with van der Waals surface area (Å²) in [7, 11) is 0. The zero-order chi connectivity index (χ0) is 17.9. The van der Waals surface area contributed by atoms with Crippen molar-refractivity contribution in [2.24, 2.45) is 5.73 Å². The van der Waals surface area contributed by atoms with E-state index in [1.54, 1.807) is 18.2 Å². The molecule has 0 aliphatic carbocycles. The van der Waals surface area contributed by atoms with Gasteiger partial charge in [0.1, 0.15) is 0 Å². The Labute approximate surface area is 151 Å². The lowest BCUT2D eigenvalue weighted by atomic mass is 10.1. The fourth-order valence-corrected chi connectivity index (χ4v) is 2.62. The van der Waals surface area contributed by atoms with Crippen molar-refractivity contribution in [1.82, 2.24) is 10.2 Å². The van der Waals surface area contributed by atoms with Crippen LogP contribution in [0.1, 0.15) is 22.8 Å². The van der Waals surface area contributed by atoms with Crippen LogP contribution in [0.2, 0.25) is 0 Å². The van der Waals surface area contributed by atoms with Crippen LogP contribution in [-0.4, -0.2) is 34.9 Å². The lowest BCUT2D eigenvalue weighted by molar-refractivity contribution is -0.146. The van der Waals surface area contributed by atoms with E-state index in [4.69, 9.17) is 15.9 Å². The highest BCUT2D eigenvalue weighted by Crippen LogP contribution is 2.18. The Kier molecular flexibility index (Phi) is 5.54. The van der Waals surface area contributed by atoms with Crippen LogP contribution in [0.4, 0.5) is 0 Å². The van der Waals surface area contributed by atoms with Crippen LogP contribution in [0.5, 0.6) is 0 Å². The highest BCUT2D eigenvalue weighted by molar-refractivity contribution is 14.1. The van der Waals surface area contributed by atoms with Crippen molar-refractivity contribution in [3.05, 3.63) is 45.0 Å². The molecule has 1 unspecified atom stereocenters. The number of nitrogens with one attached hydrogen (secondary N) is 2. The molecule has 0 saturated heterocycles. The van der Waals surface area contributed by atoms with Gasteiger partial charge in [0.15, 0.2) is 12.2 Å². The Hall–Kier alpha value is -2.43. The molecule has 8 nitrogen and oxygen atoms in total. The molecular weight excluding hydrogens is 427 g/mol. The van der Waals surface area contributed by atoms with Crippen LogP contribution in [0, 0.1) is 8.98 Å². The Bertz CT molecular complexity index is 729. The van der Waals surface area contributed by atoms with E-state index in [1.165, 1.54) is 6.92 Å². The second kappa shape index (κ2) is 7.43. The third-order valence-corrected chi connectivity index (χ3v) is 3.92. The molecular formula is C15H15IN4O4. The smallest absolute Gasteiger partial charge is 0.340 e. The molecule has 9 heteroatoms. The lowest BCUT2D eigenvalue weighted by Gasteiger charge is -2.22.